The Labute approximate surface area is 95.1 Å². The minimum atomic E-state index is -0.561. The fraction of sp³-hybridized carbons (Fsp3) is 0.500. The van der Waals surface area contributed by atoms with Crippen LogP contribution in [0, 0.1) is 10.3 Å². The summed E-state index contributed by atoms with van der Waals surface area (Å²) in [4.78, 5) is 10.7. The number of hydrogen-bond donors (Lipinski definition) is 2. The largest absolute Gasteiger partial charge is 0.392 e. The zero-order valence-electron chi connectivity index (χ0n) is 9.84. The third-order valence-electron chi connectivity index (χ3n) is 2.61. The normalized spacial score (nSPS) is 13.5. The number of hydrogen-bond acceptors (Lipinski definition) is 2. The molecular weight excluding hydrogens is 206 g/mol. The Balaban J connectivity index is 2.93. The van der Waals surface area contributed by atoms with Gasteiger partial charge in [0.25, 0.3) is 4.92 Å². The van der Waals surface area contributed by atoms with Crippen LogP contribution in [0.1, 0.15) is 26.3 Å². The van der Waals surface area contributed by atoms with Gasteiger partial charge in [-0.3, -0.25) is 0 Å². The van der Waals surface area contributed by atoms with Crippen molar-refractivity contribution in [2.45, 2.75) is 33.3 Å². The molecule has 0 radical (unpaired) electrons. The predicted octanol–water partition coefficient (Wildman–Crippen LogP) is 2.44. The highest BCUT2D eigenvalue weighted by molar-refractivity contribution is 5.39. The molecule has 0 aliphatic rings. The lowest BCUT2D eigenvalue weighted by Crippen LogP contribution is -2.28. The lowest BCUT2D eigenvalue weighted by molar-refractivity contribution is -0.730. The Bertz CT molecular complexity index is 382. The number of aliphatic hydroxyl groups is 1. The molecule has 16 heavy (non-hydrogen) atoms. The second-order valence-corrected chi connectivity index (χ2v) is 4.99. The fourth-order valence-electron chi connectivity index (χ4n) is 1.38. The molecule has 0 heterocycles. The van der Waals surface area contributed by atoms with Crippen LogP contribution >= 0.6 is 0 Å². The van der Waals surface area contributed by atoms with Gasteiger partial charge < -0.3 is 5.11 Å². The summed E-state index contributed by atoms with van der Waals surface area (Å²) in [7, 11) is 0. The van der Waals surface area contributed by atoms with Crippen LogP contribution in [0.4, 0.5) is 5.69 Å². The van der Waals surface area contributed by atoms with E-state index in [1.54, 1.807) is 18.2 Å². The fourth-order valence-corrected chi connectivity index (χ4v) is 1.38. The predicted molar refractivity (Wildman–Crippen MR) is 60.7 cm³/mol. The molecule has 0 spiro atoms. The van der Waals surface area contributed by atoms with Crippen LogP contribution in [0.2, 0.25) is 0 Å². The van der Waals surface area contributed by atoms with E-state index in [2.05, 4.69) is 0 Å². The number of rotatable bonds is 3. The summed E-state index contributed by atoms with van der Waals surface area (Å²) in [6.45, 7) is 5.77. The summed E-state index contributed by atoms with van der Waals surface area (Å²) in [5.41, 5.74) is 0.573. The lowest BCUT2D eigenvalue weighted by Gasteiger charge is -2.25. The molecule has 0 amide bonds. The molecule has 4 heteroatoms. The van der Waals surface area contributed by atoms with Crippen LogP contribution in [0.3, 0.4) is 0 Å². The van der Waals surface area contributed by atoms with E-state index in [0.717, 1.165) is 0 Å². The molecule has 1 rings (SSSR count). The molecule has 4 nitrogen and oxygen atoms in total. The zero-order chi connectivity index (χ0) is 12.3. The third kappa shape index (κ3) is 3.03. The molecule has 88 valence electrons. The topological polar surface area (TPSA) is 60.5 Å². The molecule has 0 bridgehead atoms. The van der Waals surface area contributed by atoms with Crippen molar-refractivity contribution >= 4 is 5.69 Å². The van der Waals surface area contributed by atoms with Gasteiger partial charge in [-0.15, -0.1) is 0 Å². The molecule has 1 aromatic rings. The van der Waals surface area contributed by atoms with Crippen LogP contribution in [0.5, 0.6) is 0 Å². The highest BCUT2D eigenvalue weighted by Crippen LogP contribution is 2.26. The van der Waals surface area contributed by atoms with Gasteiger partial charge in [0, 0.05) is 18.1 Å². The first-order valence-corrected chi connectivity index (χ1v) is 5.24. The second-order valence-electron chi connectivity index (χ2n) is 4.99. The first-order chi connectivity index (χ1) is 7.32. The third-order valence-corrected chi connectivity index (χ3v) is 2.61. The molecule has 0 saturated carbocycles. The van der Waals surface area contributed by atoms with E-state index in [1.807, 2.05) is 20.8 Å². The first kappa shape index (κ1) is 12.6. The van der Waals surface area contributed by atoms with Gasteiger partial charge in [0.05, 0.1) is 11.0 Å². The average molecular weight is 224 g/mol. The van der Waals surface area contributed by atoms with E-state index in [-0.39, 0.29) is 16.0 Å². The smallest absolute Gasteiger partial charge is 0.319 e. The molecule has 2 N–H and O–H groups in total. The van der Waals surface area contributed by atoms with Gasteiger partial charge in [0.1, 0.15) is 0 Å². The number of nitrogens with zero attached hydrogens (tertiary/aromatic N) is 1. The van der Waals surface area contributed by atoms with Crippen molar-refractivity contribution in [2.75, 3.05) is 0 Å². The summed E-state index contributed by atoms with van der Waals surface area (Å²) in [5, 5.41) is 18.9. The summed E-state index contributed by atoms with van der Waals surface area (Å²) in [6, 6.07) is 6.70. The van der Waals surface area contributed by atoms with Crippen LogP contribution in [-0.4, -0.2) is 21.3 Å². The maximum atomic E-state index is 10.9. The van der Waals surface area contributed by atoms with Gasteiger partial charge in [-0.2, -0.15) is 0 Å². The zero-order valence-corrected chi connectivity index (χ0v) is 9.84. The lowest BCUT2D eigenvalue weighted by atomic mass is 9.85. The Morgan fingerprint density at radius 3 is 2.38 bits per heavy atom. The van der Waals surface area contributed by atoms with Crippen molar-refractivity contribution in [2.24, 2.45) is 5.41 Å². The van der Waals surface area contributed by atoms with E-state index in [0.29, 0.717) is 12.0 Å². The summed E-state index contributed by atoms with van der Waals surface area (Å²) in [5.74, 6) is 0. The summed E-state index contributed by atoms with van der Waals surface area (Å²) < 4.78 is 0. The van der Waals surface area contributed by atoms with Gasteiger partial charge in [-0.25, -0.2) is 5.21 Å². The Morgan fingerprint density at radius 1 is 1.31 bits per heavy atom. The van der Waals surface area contributed by atoms with Crippen LogP contribution in [0.25, 0.3) is 0 Å². The van der Waals surface area contributed by atoms with Crippen LogP contribution in [0.15, 0.2) is 24.3 Å². The van der Waals surface area contributed by atoms with Crippen molar-refractivity contribution in [3.05, 3.63) is 34.7 Å². The van der Waals surface area contributed by atoms with Gasteiger partial charge in [0.2, 0.25) is 0 Å². The molecule has 1 aromatic carbocycles. The molecule has 1 atom stereocenters. The van der Waals surface area contributed by atoms with Gasteiger partial charge in [0.15, 0.2) is 0 Å². The van der Waals surface area contributed by atoms with Crippen molar-refractivity contribution in [1.29, 1.82) is 0 Å². The van der Waals surface area contributed by atoms with E-state index >= 15 is 0 Å². The first-order valence-electron chi connectivity index (χ1n) is 5.24. The van der Waals surface area contributed by atoms with E-state index in [9.17, 15) is 10.0 Å². The van der Waals surface area contributed by atoms with Crippen LogP contribution < -0.4 is 0 Å². The maximum absolute atomic E-state index is 10.9. The summed E-state index contributed by atoms with van der Waals surface area (Å²) >= 11 is 0. The number of aliphatic hydroxyl groups excluding tert-OH is 1. The highest BCUT2D eigenvalue weighted by Gasteiger charge is 2.26. The monoisotopic (exact) mass is 224 g/mol. The molecule has 0 aliphatic heterocycles. The van der Waals surface area contributed by atoms with Crippen molar-refractivity contribution in [1.82, 2.24) is 0 Å². The molecule has 0 aromatic heterocycles. The Kier molecular flexibility index (Phi) is 3.65. The Morgan fingerprint density at radius 2 is 1.88 bits per heavy atom. The van der Waals surface area contributed by atoms with Gasteiger partial charge >= 0.3 is 5.69 Å². The SMILES string of the molecule is CC(C)(C)C(O)Cc1ccccc1[N+](=O)O. The maximum Gasteiger partial charge on any atom is 0.319 e. The second kappa shape index (κ2) is 4.61. The molecular formula is C12H18NO3+. The average Bonchev–Trinajstić information content (AvgIpc) is 2.16. The minimum Gasteiger partial charge on any atom is -0.392 e. The van der Waals surface area contributed by atoms with Crippen molar-refractivity contribution in [3.63, 3.8) is 0 Å². The number of benzene rings is 1. The number of para-hydroxylation sites is 1. The van der Waals surface area contributed by atoms with Crippen LogP contribution in [-0.2, 0) is 6.42 Å². The van der Waals surface area contributed by atoms with Crippen molar-refractivity contribution < 1.29 is 15.2 Å². The molecule has 0 saturated heterocycles. The van der Waals surface area contributed by atoms with E-state index in [4.69, 9.17) is 5.21 Å². The summed E-state index contributed by atoms with van der Waals surface area (Å²) in [6.07, 6.45) is -0.215. The highest BCUT2D eigenvalue weighted by atomic mass is 16.6. The van der Waals surface area contributed by atoms with Gasteiger partial charge in [-0.1, -0.05) is 39.0 Å². The quantitative estimate of drug-likeness (QED) is 0.775. The molecule has 0 fully saturated rings. The van der Waals surface area contributed by atoms with E-state index < -0.39 is 6.10 Å². The molecule has 0 aliphatic carbocycles. The Hall–Kier alpha value is -1.42. The van der Waals surface area contributed by atoms with Crippen molar-refractivity contribution in [3.8, 4) is 0 Å². The molecule has 1 unspecified atom stereocenters. The van der Waals surface area contributed by atoms with E-state index in [1.165, 1.54) is 6.07 Å². The van der Waals surface area contributed by atoms with Gasteiger partial charge in [-0.05, 0) is 5.41 Å². The minimum absolute atomic E-state index is 0.162. The standard InChI is InChI=1S/C12H18NO3/c1-12(2,3)11(14)8-9-6-4-5-7-10(9)13(15)16/h4-7,11,14H,8H2,1-3H3,(H,15,16)/q+1.